The fraction of sp³-hybridized carbons (Fsp3) is 0.395. The average Bonchev–Trinajstić information content (AvgIpc) is 3.84. The molecule has 59 heavy (non-hydrogen) atoms. The smallest absolute Gasteiger partial charge is 0.408 e. The average molecular weight is 816 g/mol. The summed E-state index contributed by atoms with van der Waals surface area (Å²) in [5.41, 5.74) is 3.85. The van der Waals surface area contributed by atoms with Crippen molar-refractivity contribution in [1.82, 2.24) is 34.8 Å². The van der Waals surface area contributed by atoms with E-state index in [0.717, 1.165) is 47.9 Å². The molecule has 312 valence electrons. The number of aryl methyl sites for hydroxylation is 1. The van der Waals surface area contributed by atoms with E-state index in [2.05, 4.69) is 20.5 Å². The molecule has 0 saturated heterocycles. The Morgan fingerprint density at radius 2 is 1.53 bits per heavy atom. The first-order valence-electron chi connectivity index (χ1n) is 19.8. The second kappa shape index (κ2) is 20.5. The molecular formula is C43H48F3N7O6. The highest BCUT2D eigenvalue weighted by atomic mass is 19.4. The van der Waals surface area contributed by atoms with Crippen molar-refractivity contribution in [3.05, 3.63) is 100 Å². The standard InChI is InChI=1S/C41H42F3N7O6.C2H6/c42-41(43,44)26-51-40(57)34(21-35(48-51)28-7-5-27(6-8-28)19-38(54)49-24-30-15-17-45-22-32(30)25-49)29-9-12-36-31(20-29)23-47-50(36)18-4-2-1-3-16-46-37(53)13-10-33(52)11-14-39(55)56;1-2/h5-9,12,15,17,20-23H,1-4,10-11,13-14,16,18-19,24-26H2,(H,46,53)(H,55,56);1-2H3. The van der Waals surface area contributed by atoms with E-state index in [0.29, 0.717) is 47.4 Å². The largest absolute Gasteiger partial charge is 0.481 e. The van der Waals surface area contributed by atoms with Crippen LogP contribution in [0.2, 0.25) is 0 Å². The Morgan fingerprint density at radius 3 is 2.25 bits per heavy atom. The number of benzene rings is 2. The molecule has 13 nitrogen and oxygen atoms in total. The molecule has 5 aromatic rings. The summed E-state index contributed by atoms with van der Waals surface area (Å²) in [6.07, 6.45) is 3.56. The van der Waals surface area contributed by atoms with Crippen molar-refractivity contribution >= 4 is 34.5 Å². The number of carboxylic acids is 1. The normalized spacial score (nSPS) is 12.2. The van der Waals surface area contributed by atoms with Crippen molar-refractivity contribution in [3.63, 3.8) is 0 Å². The maximum atomic E-state index is 13.6. The van der Waals surface area contributed by atoms with Crippen LogP contribution in [-0.4, -0.2) is 70.8 Å². The molecule has 1 aliphatic rings. The first-order chi connectivity index (χ1) is 28.3. The zero-order valence-corrected chi connectivity index (χ0v) is 33.1. The lowest BCUT2D eigenvalue weighted by Gasteiger charge is -2.16. The van der Waals surface area contributed by atoms with Crippen LogP contribution in [0.15, 0.2) is 78.0 Å². The molecule has 16 heteroatoms. The molecule has 2 N–H and O–H groups in total. The van der Waals surface area contributed by atoms with E-state index in [9.17, 15) is 37.1 Å². The second-order valence-electron chi connectivity index (χ2n) is 14.1. The number of amides is 2. The number of hydrogen-bond donors (Lipinski definition) is 2. The van der Waals surface area contributed by atoms with Gasteiger partial charge in [0.2, 0.25) is 11.8 Å². The quantitative estimate of drug-likeness (QED) is 0.0896. The third-order valence-corrected chi connectivity index (χ3v) is 9.81. The van der Waals surface area contributed by atoms with Gasteiger partial charge in [-0.2, -0.15) is 23.4 Å². The lowest BCUT2D eigenvalue weighted by Crippen LogP contribution is -2.31. The van der Waals surface area contributed by atoms with Gasteiger partial charge in [0.25, 0.3) is 5.56 Å². The van der Waals surface area contributed by atoms with E-state index in [4.69, 9.17) is 5.11 Å². The van der Waals surface area contributed by atoms with Gasteiger partial charge in [-0.1, -0.05) is 57.0 Å². The van der Waals surface area contributed by atoms with Crippen LogP contribution in [0.5, 0.6) is 0 Å². The molecule has 0 aliphatic carbocycles. The Morgan fingerprint density at radius 1 is 0.814 bits per heavy atom. The Kier molecular flexibility index (Phi) is 15.2. The zero-order chi connectivity index (χ0) is 42.5. The minimum atomic E-state index is -4.69. The maximum absolute atomic E-state index is 13.6. The van der Waals surface area contributed by atoms with Gasteiger partial charge < -0.3 is 15.3 Å². The van der Waals surface area contributed by atoms with Gasteiger partial charge in [0.1, 0.15) is 12.3 Å². The lowest BCUT2D eigenvalue weighted by molar-refractivity contribution is -0.143. The van der Waals surface area contributed by atoms with E-state index in [1.165, 1.54) is 6.07 Å². The minimum absolute atomic E-state index is 0.0202. The molecular weight excluding hydrogens is 768 g/mol. The fourth-order valence-corrected chi connectivity index (χ4v) is 6.76. The number of carbonyl (C=O) groups is 4. The number of ketones is 1. The van der Waals surface area contributed by atoms with Crippen LogP contribution in [0, 0.1) is 0 Å². The van der Waals surface area contributed by atoms with Gasteiger partial charge in [0.15, 0.2) is 0 Å². The first-order valence-corrected chi connectivity index (χ1v) is 19.8. The fourth-order valence-electron chi connectivity index (χ4n) is 6.76. The van der Waals surface area contributed by atoms with Gasteiger partial charge in [-0.3, -0.25) is 33.6 Å². The van der Waals surface area contributed by atoms with Crippen LogP contribution in [0.1, 0.15) is 81.9 Å². The maximum Gasteiger partial charge on any atom is 0.408 e. The number of hydrogen-bond acceptors (Lipinski definition) is 8. The summed E-state index contributed by atoms with van der Waals surface area (Å²) in [6, 6.07) is 15.4. The van der Waals surface area contributed by atoms with Gasteiger partial charge in [0.05, 0.1) is 35.8 Å². The predicted molar refractivity (Wildman–Crippen MR) is 215 cm³/mol. The van der Waals surface area contributed by atoms with Gasteiger partial charge in [-0.05, 0) is 59.4 Å². The van der Waals surface area contributed by atoms with Crippen LogP contribution in [0.25, 0.3) is 33.3 Å². The summed E-state index contributed by atoms with van der Waals surface area (Å²) in [7, 11) is 0. The summed E-state index contributed by atoms with van der Waals surface area (Å²) in [6.45, 7) is 4.51. The predicted octanol–water partition coefficient (Wildman–Crippen LogP) is 6.89. The van der Waals surface area contributed by atoms with Crippen molar-refractivity contribution in [2.45, 2.75) is 104 Å². The Balaban J connectivity index is 0.00000326. The monoisotopic (exact) mass is 815 g/mol. The Labute approximate surface area is 339 Å². The SMILES string of the molecule is CC.O=C(O)CCC(=O)CCC(=O)NCCCCCCn1ncc2cc(-c3cc(-c4ccc(CC(=O)N5Cc6ccncc6C5)cc4)nn(CC(F)(F)F)c3=O)ccc21. The van der Waals surface area contributed by atoms with Crippen molar-refractivity contribution in [2.24, 2.45) is 0 Å². The molecule has 0 saturated carbocycles. The number of pyridine rings is 1. The summed E-state index contributed by atoms with van der Waals surface area (Å²) < 4.78 is 43.1. The summed E-state index contributed by atoms with van der Waals surface area (Å²) in [4.78, 5) is 66.5. The number of nitrogens with zero attached hydrogens (tertiary/aromatic N) is 6. The molecule has 6 rings (SSSR count). The summed E-state index contributed by atoms with van der Waals surface area (Å²) >= 11 is 0. The van der Waals surface area contributed by atoms with Crippen molar-refractivity contribution in [1.29, 1.82) is 0 Å². The number of carboxylic acid groups (broad SMARTS) is 1. The summed E-state index contributed by atoms with van der Waals surface area (Å²) in [5, 5.41) is 20.7. The van der Waals surface area contributed by atoms with Gasteiger partial charge in [-0.25, -0.2) is 4.68 Å². The number of carbonyl (C=O) groups excluding carboxylic acids is 3. The van der Waals surface area contributed by atoms with Crippen LogP contribution in [0.3, 0.4) is 0 Å². The number of rotatable bonds is 18. The second-order valence-corrected chi connectivity index (χ2v) is 14.1. The third-order valence-electron chi connectivity index (χ3n) is 9.81. The minimum Gasteiger partial charge on any atom is -0.481 e. The molecule has 4 heterocycles. The molecule has 0 bridgehead atoms. The van der Waals surface area contributed by atoms with Gasteiger partial charge >= 0.3 is 12.1 Å². The molecule has 2 amide bonds. The number of aliphatic carboxylic acids is 1. The molecule has 0 unspecified atom stereocenters. The van der Waals surface area contributed by atoms with Gasteiger partial charge in [0, 0.05) is 68.8 Å². The van der Waals surface area contributed by atoms with Crippen LogP contribution in [-0.2, 0) is 51.8 Å². The number of Topliss-reactive ketones (excluding diaryl/α,β-unsaturated/α-hetero) is 1. The van der Waals surface area contributed by atoms with E-state index in [1.54, 1.807) is 66.0 Å². The molecule has 0 radical (unpaired) electrons. The summed E-state index contributed by atoms with van der Waals surface area (Å²) in [5.74, 6) is -1.60. The zero-order valence-electron chi connectivity index (χ0n) is 33.1. The van der Waals surface area contributed by atoms with E-state index >= 15 is 0 Å². The number of alkyl halides is 3. The molecule has 0 spiro atoms. The number of nitrogens with one attached hydrogen (secondary N) is 1. The molecule has 2 aromatic carbocycles. The number of unbranched alkanes of at least 4 members (excludes halogenated alkanes) is 3. The topological polar surface area (TPSA) is 169 Å². The van der Waals surface area contributed by atoms with Crippen molar-refractivity contribution in [2.75, 3.05) is 6.54 Å². The molecule has 1 aliphatic heterocycles. The van der Waals surface area contributed by atoms with E-state index in [-0.39, 0.29) is 61.0 Å². The lowest BCUT2D eigenvalue weighted by atomic mass is 10.0. The molecule has 0 fully saturated rings. The number of aromatic nitrogens is 5. The van der Waals surface area contributed by atoms with Crippen LogP contribution < -0.4 is 10.9 Å². The molecule has 3 aromatic heterocycles. The number of fused-ring (bicyclic) bond motifs is 2. The first kappa shape index (κ1) is 43.9. The van der Waals surface area contributed by atoms with Gasteiger partial charge in [-0.15, -0.1) is 0 Å². The highest BCUT2D eigenvalue weighted by molar-refractivity contribution is 5.87. The van der Waals surface area contributed by atoms with Crippen molar-refractivity contribution < 1.29 is 37.5 Å². The Hall–Kier alpha value is -6.19. The molecule has 0 atom stereocenters. The van der Waals surface area contributed by atoms with E-state index < -0.39 is 24.2 Å². The highest BCUT2D eigenvalue weighted by Gasteiger charge is 2.30. The van der Waals surface area contributed by atoms with Crippen LogP contribution >= 0.6 is 0 Å². The number of halogens is 3. The van der Waals surface area contributed by atoms with Crippen LogP contribution in [0.4, 0.5) is 13.2 Å². The van der Waals surface area contributed by atoms with E-state index in [1.807, 2.05) is 24.6 Å². The Bertz CT molecular complexity index is 2300. The van der Waals surface area contributed by atoms with Crippen molar-refractivity contribution in [3.8, 4) is 22.4 Å². The highest BCUT2D eigenvalue weighted by Crippen LogP contribution is 2.28. The third kappa shape index (κ3) is 12.4.